The lowest BCUT2D eigenvalue weighted by atomic mass is 10.1. The van der Waals surface area contributed by atoms with Gasteiger partial charge in [0.15, 0.2) is 0 Å². The summed E-state index contributed by atoms with van der Waals surface area (Å²) in [5.41, 5.74) is 1.86. The van der Waals surface area contributed by atoms with Crippen LogP contribution in [0.5, 0.6) is 0 Å². The van der Waals surface area contributed by atoms with Gasteiger partial charge in [0.1, 0.15) is 5.60 Å². The number of H-pyrrole nitrogens is 1. The summed E-state index contributed by atoms with van der Waals surface area (Å²) in [7, 11) is 0. The van der Waals surface area contributed by atoms with Crippen molar-refractivity contribution in [3.8, 4) is 0 Å². The fourth-order valence-corrected chi connectivity index (χ4v) is 1.87. The van der Waals surface area contributed by atoms with Crippen LogP contribution < -0.4 is 5.32 Å². The zero-order chi connectivity index (χ0) is 13.9. The Morgan fingerprint density at radius 2 is 2.11 bits per heavy atom. The Hall–Kier alpha value is -1.97. The molecule has 0 unspecified atom stereocenters. The van der Waals surface area contributed by atoms with E-state index in [2.05, 4.69) is 28.5 Å². The van der Waals surface area contributed by atoms with Crippen LogP contribution in [0.2, 0.25) is 0 Å². The first-order valence-electron chi connectivity index (χ1n) is 6.47. The van der Waals surface area contributed by atoms with Gasteiger partial charge in [-0.05, 0) is 50.3 Å². The second-order valence-electron chi connectivity index (χ2n) is 5.58. The first-order chi connectivity index (χ1) is 8.94. The van der Waals surface area contributed by atoms with Crippen molar-refractivity contribution >= 4 is 17.0 Å². The van der Waals surface area contributed by atoms with Gasteiger partial charge in [0, 0.05) is 18.3 Å². The van der Waals surface area contributed by atoms with E-state index in [0.29, 0.717) is 6.54 Å². The minimum absolute atomic E-state index is 0.367. The summed E-state index contributed by atoms with van der Waals surface area (Å²) in [6.45, 7) is 6.13. The van der Waals surface area contributed by atoms with Crippen LogP contribution in [-0.2, 0) is 11.2 Å². The van der Waals surface area contributed by atoms with Gasteiger partial charge in [0.05, 0.1) is 0 Å². The van der Waals surface area contributed by atoms with Crippen molar-refractivity contribution in [1.82, 2.24) is 10.3 Å². The summed E-state index contributed by atoms with van der Waals surface area (Å²) in [6.07, 6.45) is 2.34. The third kappa shape index (κ3) is 4.02. The third-order valence-electron chi connectivity index (χ3n) is 2.70. The standard InChI is InChI=1S/C15H20N2O2/c1-15(2,3)19-14(18)17-8-6-11-4-5-12-7-9-16-13(12)10-11/h4-5,7,9-10,16H,6,8H2,1-3H3,(H,17,18). The molecule has 19 heavy (non-hydrogen) atoms. The van der Waals surface area contributed by atoms with E-state index in [-0.39, 0.29) is 6.09 Å². The van der Waals surface area contributed by atoms with Crippen LogP contribution in [0.1, 0.15) is 26.3 Å². The Labute approximate surface area is 113 Å². The Bertz CT molecular complexity index is 567. The van der Waals surface area contributed by atoms with E-state index < -0.39 is 5.60 Å². The molecular formula is C15H20N2O2. The second kappa shape index (κ2) is 5.34. The second-order valence-corrected chi connectivity index (χ2v) is 5.58. The van der Waals surface area contributed by atoms with Gasteiger partial charge >= 0.3 is 6.09 Å². The van der Waals surface area contributed by atoms with Crippen molar-refractivity contribution < 1.29 is 9.53 Å². The molecule has 2 N–H and O–H groups in total. The molecule has 0 aliphatic heterocycles. The molecule has 1 heterocycles. The fraction of sp³-hybridized carbons (Fsp3) is 0.400. The number of ether oxygens (including phenoxy) is 1. The van der Waals surface area contributed by atoms with Gasteiger partial charge < -0.3 is 15.0 Å². The quantitative estimate of drug-likeness (QED) is 0.890. The highest BCUT2D eigenvalue weighted by atomic mass is 16.6. The number of aromatic amines is 1. The van der Waals surface area contributed by atoms with Gasteiger partial charge in [-0.25, -0.2) is 4.79 Å². The van der Waals surface area contributed by atoms with Gasteiger partial charge in [-0.2, -0.15) is 0 Å². The number of rotatable bonds is 3. The Balaban J connectivity index is 1.83. The summed E-state index contributed by atoms with van der Waals surface area (Å²) >= 11 is 0. The summed E-state index contributed by atoms with van der Waals surface area (Å²) in [5.74, 6) is 0. The van der Waals surface area contributed by atoms with Crippen molar-refractivity contribution in [3.63, 3.8) is 0 Å². The van der Waals surface area contributed by atoms with Gasteiger partial charge in [-0.15, -0.1) is 0 Å². The van der Waals surface area contributed by atoms with Crippen LogP contribution in [-0.4, -0.2) is 23.2 Å². The predicted molar refractivity (Wildman–Crippen MR) is 76.2 cm³/mol. The van der Waals surface area contributed by atoms with E-state index in [1.54, 1.807) is 0 Å². The monoisotopic (exact) mass is 260 g/mol. The SMILES string of the molecule is CC(C)(C)OC(=O)NCCc1ccc2cc[nH]c2c1. The minimum atomic E-state index is -0.451. The maximum Gasteiger partial charge on any atom is 0.407 e. The number of hydrogen-bond acceptors (Lipinski definition) is 2. The highest BCUT2D eigenvalue weighted by Gasteiger charge is 2.15. The lowest BCUT2D eigenvalue weighted by molar-refractivity contribution is 0.0528. The van der Waals surface area contributed by atoms with E-state index in [0.717, 1.165) is 11.9 Å². The molecule has 0 radical (unpaired) electrons. The summed E-state index contributed by atoms with van der Waals surface area (Å²) in [6, 6.07) is 8.30. The van der Waals surface area contributed by atoms with E-state index in [4.69, 9.17) is 4.74 Å². The zero-order valence-corrected chi connectivity index (χ0v) is 11.6. The topological polar surface area (TPSA) is 54.1 Å². The van der Waals surface area contributed by atoms with Crippen molar-refractivity contribution in [2.24, 2.45) is 0 Å². The van der Waals surface area contributed by atoms with E-state index >= 15 is 0 Å². The van der Waals surface area contributed by atoms with Crippen LogP contribution in [0.15, 0.2) is 30.5 Å². The normalized spacial score (nSPS) is 11.5. The smallest absolute Gasteiger partial charge is 0.407 e. The molecule has 1 aromatic heterocycles. The maximum atomic E-state index is 11.5. The number of carbonyl (C=O) groups excluding carboxylic acids is 1. The van der Waals surface area contributed by atoms with E-state index in [1.807, 2.05) is 33.0 Å². The summed E-state index contributed by atoms with van der Waals surface area (Å²) in [5, 5.41) is 3.96. The Morgan fingerprint density at radius 1 is 1.32 bits per heavy atom. The molecule has 2 aromatic rings. The molecule has 4 nitrogen and oxygen atoms in total. The molecule has 0 bridgehead atoms. The predicted octanol–water partition coefficient (Wildman–Crippen LogP) is 3.24. The van der Waals surface area contributed by atoms with Crippen LogP contribution in [0.3, 0.4) is 0 Å². The molecule has 0 aliphatic rings. The highest BCUT2D eigenvalue weighted by molar-refractivity contribution is 5.79. The van der Waals surface area contributed by atoms with Crippen molar-refractivity contribution in [2.75, 3.05) is 6.54 Å². The number of benzene rings is 1. The van der Waals surface area contributed by atoms with Gasteiger partial charge in [0.2, 0.25) is 0 Å². The zero-order valence-electron chi connectivity index (χ0n) is 11.6. The Kier molecular flexibility index (Phi) is 3.79. The van der Waals surface area contributed by atoms with Crippen molar-refractivity contribution in [2.45, 2.75) is 32.8 Å². The van der Waals surface area contributed by atoms with Crippen LogP contribution in [0, 0.1) is 0 Å². The van der Waals surface area contributed by atoms with Gasteiger partial charge in [-0.1, -0.05) is 12.1 Å². The maximum absolute atomic E-state index is 11.5. The van der Waals surface area contributed by atoms with E-state index in [1.165, 1.54) is 10.9 Å². The molecule has 0 atom stereocenters. The summed E-state index contributed by atoms with van der Waals surface area (Å²) in [4.78, 5) is 14.7. The van der Waals surface area contributed by atoms with Gasteiger partial charge in [-0.3, -0.25) is 0 Å². The number of aromatic nitrogens is 1. The number of nitrogens with one attached hydrogen (secondary N) is 2. The molecule has 1 amide bonds. The molecule has 0 saturated heterocycles. The first-order valence-corrected chi connectivity index (χ1v) is 6.47. The van der Waals surface area contributed by atoms with Crippen molar-refractivity contribution in [1.29, 1.82) is 0 Å². The van der Waals surface area contributed by atoms with E-state index in [9.17, 15) is 4.79 Å². The minimum Gasteiger partial charge on any atom is -0.444 e. The third-order valence-corrected chi connectivity index (χ3v) is 2.70. The lowest BCUT2D eigenvalue weighted by Crippen LogP contribution is -2.33. The molecule has 2 rings (SSSR count). The number of carbonyl (C=O) groups is 1. The largest absolute Gasteiger partial charge is 0.444 e. The molecule has 0 aliphatic carbocycles. The fourth-order valence-electron chi connectivity index (χ4n) is 1.87. The summed E-state index contributed by atoms with van der Waals surface area (Å²) < 4.78 is 5.18. The molecule has 0 fully saturated rings. The molecular weight excluding hydrogens is 240 g/mol. The van der Waals surface area contributed by atoms with Crippen LogP contribution >= 0.6 is 0 Å². The van der Waals surface area contributed by atoms with Crippen molar-refractivity contribution in [3.05, 3.63) is 36.0 Å². The first kappa shape index (κ1) is 13.5. The van der Waals surface area contributed by atoms with Crippen LogP contribution in [0.25, 0.3) is 10.9 Å². The van der Waals surface area contributed by atoms with Gasteiger partial charge in [0.25, 0.3) is 0 Å². The molecule has 0 spiro atoms. The number of hydrogen-bond donors (Lipinski definition) is 2. The average Bonchev–Trinajstić information content (AvgIpc) is 2.73. The lowest BCUT2D eigenvalue weighted by Gasteiger charge is -2.19. The number of amides is 1. The molecule has 0 saturated carbocycles. The molecule has 1 aromatic carbocycles. The average molecular weight is 260 g/mol. The van der Waals surface area contributed by atoms with Crippen LogP contribution in [0.4, 0.5) is 4.79 Å². The number of fused-ring (bicyclic) bond motifs is 1. The molecule has 4 heteroatoms. The molecule has 102 valence electrons. The number of alkyl carbamates (subject to hydrolysis) is 1. The highest BCUT2D eigenvalue weighted by Crippen LogP contribution is 2.14. The Morgan fingerprint density at radius 3 is 2.84 bits per heavy atom.